The Morgan fingerprint density at radius 2 is 2.24 bits per heavy atom. The maximum Gasteiger partial charge on any atom is 0.317 e. The minimum Gasteiger partial charge on any atom is -0.481 e. The van der Waals surface area contributed by atoms with Crippen molar-refractivity contribution in [1.29, 1.82) is 0 Å². The summed E-state index contributed by atoms with van der Waals surface area (Å²) in [6.07, 6.45) is 1.21. The van der Waals surface area contributed by atoms with E-state index in [-0.39, 0.29) is 23.7 Å². The second-order valence-electron chi connectivity index (χ2n) is 4.98. The van der Waals surface area contributed by atoms with E-state index in [1.165, 1.54) is 17.0 Å². The number of rotatable bonds is 3. The summed E-state index contributed by atoms with van der Waals surface area (Å²) in [6.45, 7) is 0.644. The fourth-order valence-corrected chi connectivity index (χ4v) is 2.57. The van der Waals surface area contributed by atoms with Crippen LogP contribution >= 0.6 is 11.6 Å². The smallest absolute Gasteiger partial charge is 0.317 e. The molecule has 1 aliphatic heterocycles. The Balaban J connectivity index is 1.94. The van der Waals surface area contributed by atoms with E-state index < -0.39 is 23.7 Å². The molecule has 1 unspecified atom stereocenters. The first-order valence-corrected chi connectivity index (χ1v) is 7.05. The van der Waals surface area contributed by atoms with E-state index in [9.17, 15) is 14.0 Å². The molecule has 1 atom stereocenters. The summed E-state index contributed by atoms with van der Waals surface area (Å²) in [5.74, 6) is -1.92. The number of carboxylic acids is 1. The van der Waals surface area contributed by atoms with Gasteiger partial charge in [0.1, 0.15) is 5.82 Å². The van der Waals surface area contributed by atoms with E-state index in [2.05, 4.69) is 5.32 Å². The van der Waals surface area contributed by atoms with Gasteiger partial charge in [-0.05, 0) is 25.0 Å². The van der Waals surface area contributed by atoms with Gasteiger partial charge in [-0.1, -0.05) is 17.7 Å². The molecule has 0 aromatic heterocycles. The summed E-state index contributed by atoms with van der Waals surface area (Å²) in [5, 5.41) is 11.8. The van der Waals surface area contributed by atoms with Crippen LogP contribution in [-0.4, -0.2) is 35.1 Å². The molecule has 1 aromatic carbocycles. The normalized spacial score (nSPS) is 18.4. The average Bonchev–Trinajstić information content (AvgIpc) is 2.46. The summed E-state index contributed by atoms with van der Waals surface area (Å²) < 4.78 is 13.6. The quantitative estimate of drug-likeness (QED) is 0.900. The standard InChI is InChI=1S/C14H16ClFN2O3/c15-11-4-1-5-12(16)10(11)7-17-14(21)18-6-2-3-9(8-18)13(19)20/h1,4-5,9H,2-3,6-8H2,(H,17,21)(H,19,20). The van der Waals surface area contributed by atoms with Crippen molar-refractivity contribution >= 4 is 23.6 Å². The van der Waals surface area contributed by atoms with Gasteiger partial charge >= 0.3 is 12.0 Å². The number of benzene rings is 1. The minimum absolute atomic E-state index is 0.0292. The number of nitrogens with one attached hydrogen (secondary N) is 1. The first-order valence-electron chi connectivity index (χ1n) is 6.67. The summed E-state index contributed by atoms with van der Waals surface area (Å²) in [7, 11) is 0. The second-order valence-corrected chi connectivity index (χ2v) is 5.39. The number of piperidine rings is 1. The number of nitrogens with zero attached hydrogens (tertiary/aromatic N) is 1. The molecule has 21 heavy (non-hydrogen) atoms. The lowest BCUT2D eigenvalue weighted by Gasteiger charge is -2.30. The molecule has 1 fully saturated rings. The average molecular weight is 315 g/mol. The van der Waals surface area contributed by atoms with Gasteiger partial charge in [-0.3, -0.25) is 4.79 Å². The summed E-state index contributed by atoms with van der Waals surface area (Å²) in [4.78, 5) is 24.4. The fraction of sp³-hybridized carbons (Fsp3) is 0.429. The molecule has 114 valence electrons. The third kappa shape index (κ3) is 3.85. The third-order valence-corrected chi connectivity index (χ3v) is 3.89. The summed E-state index contributed by atoms with van der Waals surface area (Å²) in [6, 6.07) is 3.91. The van der Waals surface area contributed by atoms with Crippen LogP contribution in [0, 0.1) is 11.7 Å². The molecule has 1 aliphatic rings. The van der Waals surface area contributed by atoms with Gasteiger partial charge in [-0.25, -0.2) is 9.18 Å². The van der Waals surface area contributed by atoms with Crippen LogP contribution in [0.15, 0.2) is 18.2 Å². The zero-order valence-corrected chi connectivity index (χ0v) is 12.1. The highest BCUT2D eigenvalue weighted by Gasteiger charge is 2.28. The minimum atomic E-state index is -0.898. The van der Waals surface area contributed by atoms with E-state index in [0.29, 0.717) is 19.4 Å². The van der Waals surface area contributed by atoms with Crippen LogP contribution in [0.5, 0.6) is 0 Å². The highest BCUT2D eigenvalue weighted by atomic mass is 35.5. The van der Waals surface area contributed by atoms with Crippen molar-refractivity contribution in [3.05, 3.63) is 34.6 Å². The molecule has 2 rings (SSSR count). The maximum atomic E-state index is 13.6. The van der Waals surface area contributed by atoms with Crippen molar-refractivity contribution in [3.63, 3.8) is 0 Å². The molecule has 7 heteroatoms. The molecule has 1 heterocycles. The molecule has 0 saturated carbocycles. The van der Waals surface area contributed by atoms with Gasteiger partial charge in [0.05, 0.1) is 5.92 Å². The van der Waals surface area contributed by atoms with Crippen molar-refractivity contribution in [2.75, 3.05) is 13.1 Å². The zero-order chi connectivity index (χ0) is 15.4. The van der Waals surface area contributed by atoms with Crippen molar-refractivity contribution in [2.45, 2.75) is 19.4 Å². The molecule has 1 aromatic rings. The molecule has 0 aliphatic carbocycles. The molecule has 5 nitrogen and oxygen atoms in total. The number of aliphatic carboxylic acids is 1. The molecule has 2 N–H and O–H groups in total. The zero-order valence-electron chi connectivity index (χ0n) is 11.3. The first-order chi connectivity index (χ1) is 9.99. The van der Waals surface area contributed by atoms with Gasteiger partial charge in [0.25, 0.3) is 0 Å². The highest BCUT2D eigenvalue weighted by Crippen LogP contribution is 2.19. The van der Waals surface area contributed by atoms with Crippen LogP contribution in [0.3, 0.4) is 0 Å². The van der Waals surface area contributed by atoms with E-state index in [0.717, 1.165) is 0 Å². The Bertz CT molecular complexity index is 533. The number of halogens is 2. The predicted molar refractivity (Wildman–Crippen MR) is 75.6 cm³/mol. The lowest BCUT2D eigenvalue weighted by molar-refractivity contribution is -0.143. The van der Waals surface area contributed by atoms with E-state index >= 15 is 0 Å². The predicted octanol–water partition coefficient (Wildman–Crippen LogP) is 2.49. The van der Waals surface area contributed by atoms with Crippen LogP contribution < -0.4 is 5.32 Å². The first kappa shape index (κ1) is 15.6. The number of hydrogen-bond acceptors (Lipinski definition) is 2. The monoisotopic (exact) mass is 314 g/mol. The maximum absolute atomic E-state index is 13.6. The van der Waals surface area contributed by atoms with Crippen LogP contribution in [0.25, 0.3) is 0 Å². The molecular formula is C14H16ClFN2O3. The Morgan fingerprint density at radius 3 is 2.90 bits per heavy atom. The van der Waals surface area contributed by atoms with Gasteiger partial charge in [0.15, 0.2) is 0 Å². The Morgan fingerprint density at radius 1 is 1.48 bits per heavy atom. The summed E-state index contributed by atoms with van der Waals surface area (Å²) in [5.41, 5.74) is 0.222. The Kier molecular flexibility index (Phi) is 5.01. The lowest BCUT2D eigenvalue weighted by Crippen LogP contribution is -2.46. The van der Waals surface area contributed by atoms with Gasteiger partial charge in [0, 0.05) is 30.2 Å². The Labute approximate surface area is 126 Å². The fourth-order valence-electron chi connectivity index (χ4n) is 2.34. The second kappa shape index (κ2) is 6.76. The number of carbonyl (C=O) groups is 2. The van der Waals surface area contributed by atoms with Crippen molar-refractivity contribution < 1.29 is 19.1 Å². The van der Waals surface area contributed by atoms with Gasteiger partial charge < -0.3 is 15.3 Å². The van der Waals surface area contributed by atoms with E-state index in [1.54, 1.807) is 6.07 Å². The van der Waals surface area contributed by atoms with E-state index in [1.807, 2.05) is 0 Å². The van der Waals surface area contributed by atoms with Crippen LogP contribution in [0.4, 0.5) is 9.18 Å². The Hall–Kier alpha value is -1.82. The van der Waals surface area contributed by atoms with Crippen molar-refractivity contribution in [3.8, 4) is 0 Å². The number of likely N-dealkylation sites (tertiary alicyclic amines) is 1. The largest absolute Gasteiger partial charge is 0.481 e. The molecular weight excluding hydrogens is 299 g/mol. The van der Waals surface area contributed by atoms with Crippen LogP contribution in [-0.2, 0) is 11.3 Å². The van der Waals surface area contributed by atoms with Gasteiger partial charge in [-0.2, -0.15) is 0 Å². The topological polar surface area (TPSA) is 69.6 Å². The molecule has 2 amide bonds. The van der Waals surface area contributed by atoms with Crippen LogP contribution in [0.1, 0.15) is 18.4 Å². The molecule has 0 bridgehead atoms. The SMILES string of the molecule is O=C(O)C1CCCN(C(=O)NCc2c(F)cccc2Cl)C1. The highest BCUT2D eigenvalue weighted by molar-refractivity contribution is 6.31. The lowest BCUT2D eigenvalue weighted by atomic mass is 9.99. The van der Waals surface area contributed by atoms with Crippen molar-refractivity contribution in [1.82, 2.24) is 10.2 Å². The number of amides is 2. The van der Waals surface area contributed by atoms with E-state index in [4.69, 9.17) is 16.7 Å². The van der Waals surface area contributed by atoms with Gasteiger partial charge in [-0.15, -0.1) is 0 Å². The van der Waals surface area contributed by atoms with Gasteiger partial charge in [0.2, 0.25) is 0 Å². The number of carbonyl (C=O) groups excluding carboxylic acids is 1. The molecule has 1 saturated heterocycles. The van der Waals surface area contributed by atoms with Crippen molar-refractivity contribution in [2.24, 2.45) is 5.92 Å². The number of carboxylic acid groups (broad SMARTS) is 1. The number of hydrogen-bond donors (Lipinski definition) is 2. The third-order valence-electron chi connectivity index (χ3n) is 3.54. The molecule has 0 spiro atoms. The summed E-state index contributed by atoms with van der Waals surface area (Å²) >= 11 is 5.88. The number of urea groups is 1. The molecule has 0 radical (unpaired) electrons. The van der Waals surface area contributed by atoms with Crippen LogP contribution in [0.2, 0.25) is 5.02 Å².